The first kappa shape index (κ1) is 16.8. The predicted octanol–water partition coefficient (Wildman–Crippen LogP) is 0.748. The molecule has 0 bridgehead atoms. The van der Waals surface area contributed by atoms with Crippen LogP contribution in [0, 0.1) is 5.92 Å². The van der Waals surface area contributed by atoms with Gasteiger partial charge in [0.1, 0.15) is 11.0 Å². The third-order valence-corrected chi connectivity index (χ3v) is 5.05. The minimum Gasteiger partial charge on any atom is -0.337 e. The van der Waals surface area contributed by atoms with E-state index in [2.05, 4.69) is 27.1 Å². The lowest BCUT2D eigenvalue weighted by molar-refractivity contribution is 0.0785. The minimum atomic E-state index is -3.30. The van der Waals surface area contributed by atoms with Gasteiger partial charge in [0, 0.05) is 24.7 Å². The van der Waals surface area contributed by atoms with Crippen molar-refractivity contribution >= 4 is 27.0 Å². The molecule has 1 aromatic heterocycles. The highest BCUT2D eigenvalue weighted by atomic mass is 32.2. The number of sulfonamides is 1. The molecule has 1 aliphatic heterocycles. The van der Waals surface area contributed by atoms with Gasteiger partial charge in [0.05, 0.1) is 6.26 Å². The van der Waals surface area contributed by atoms with Gasteiger partial charge in [-0.25, -0.2) is 13.1 Å². The molecule has 1 amide bonds. The largest absolute Gasteiger partial charge is 0.337 e. The molecule has 2 N–H and O–H groups in total. The number of amides is 1. The number of nitrogens with zero attached hydrogens (tertiary/aromatic N) is 3. The predicted molar refractivity (Wildman–Crippen MR) is 90.0 cm³/mol. The van der Waals surface area contributed by atoms with Crippen molar-refractivity contribution in [3.63, 3.8) is 0 Å². The molecule has 1 aromatic carbocycles. The highest BCUT2D eigenvalue weighted by Gasteiger charge is 2.36. The molecule has 1 fully saturated rings. The monoisotopic (exact) mass is 351 g/mol. The van der Waals surface area contributed by atoms with Gasteiger partial charge in [-0.2, -0.15) is 15.4 Å². The van der Waals surface area contributed by atoms with Crippen LogP contribution in [0.2, 0.25) is 0 Å². The van der Waals surface area contributed by atoms with Crippen molar-refractivity contribution < 1.29 is 13.2 Å². The van der Waals surface area contributed by atoms with E-state index < -0.39 is 10.0 Å². The van der Waals surface area contributed by atoms with Crippen molar-refractivity contribution in [2.24, 2.45) is 5.92 Å². The molecule has 2 aromatic rings. The lowest BCUT2D eigenvalue weighted by atomic mass is 9.99. The van der Waals surface area contributed by atoms with Gasteiger partial charge in [0.15, 0.2) is 0 Å². The maximum absolute atomic E-state index is 12.8. The molecule has 0 aliphatic carbocycles. The van der Waals surface area contributed by atoms with E-state index in [9.17, 15) is 13.2 Å². The molecule has 1 saturated heterocycles. The quantitative estimate of drug-likeness (QED) is 0.826. The highest BCUT2D eigenvalue weighted by Crippen LogP contribution is 2.24. The van der Waals surface area contributed by atoms with Crippen LogP contribution in [0.4, 0.5) is 0 Å². The summed E-state index contributed by atoms with van der Waals surface area (Å²) >= 11 is 0. The lowest BCUT2D eigenvalue weighted by Gasteiger charge is -2.17. The third kappa shape index (κ3) is 3.57. The van der Waals surface area contributed by atoms with Crippen molar-refractivity contribution in [2.75, 3.05) is 19.3 Å². The first-order valence-corrected chi connectivity index (χ1v) is 9.83. The Morgan fingerprint density at radius 1 is 1.33 bits per heavy atom. The number of hydrogen-bond acceptors (Lipinski definition) is 5. The highest BCUT2D eigenvalue weighted by molar-refractivity contribution is 7.88. The van der Waals surface area contributed by atoms with Gasteiger partial charge in [0.25, 0.3) is 5.91 Å². The fourth-order valence-corrected chi connectivity index (χ4v) is 4.08. The van der Waals surface area contributed by atoms with Crippen LogP contribution in [0.1, 0.15) is 30.1 Å². The van der Waals surface area contributed by atoms with E-state index in [4.69, 9.17) is 0 Å². The van der Waals surface area contributed by atoms with E-state index in [1.165, 1.54) is 0 Å². The Balaban J connectivity index is 1.79. The van der Waals surface area contributed by atoms with Gasteiger partial charge >= 0.3 is 0 Å². The standard InChI is InChI=1S/C15H21N5O3S/c1-3-4-11-8-20(9-14(11)18-24(2,22)23)15(21)10-5-6-12-13(7-10)17-19-16-12/h5-7,11,14,18H,3-4,8-9H2,1-2H3,(H,16,17,19)/t11-,14-/m1/s1. The summed E-state index contributed by atoms with van der Waals surface area (Å²) in [5, 5.41) is 10.5. The normalized spacial score (nSPS) is 21.5. The first-order chi connectivity index (χ1) is 11.4. The van der Waals surface area contributed by atoms with Crippen LogP contribution in [0.15, 0.2) is 18.2 Å². The molecule has 1 aliphatic rings. The molecule has 9 heteroatoms. The zero-order valence-corrected chi connectivity index (χ0v) is 14.5. The van der Waals surface area contributed by atoms with Crippen molar-refractivity contribution in [3.05, 3.63) is 23.8 Å². The number of carbonyl (C=O) groups excluding carboxylic acids is 1. The van der Waals surface area contributed by atoms with Gasteiger partial charge in [0.2, 0.25) is 10.0 Å². The number of rotatable bonds is 5. The van der Waals surface area contributed by atoms with Crippen molar-refractivity contribution in [2.45, 2.75) is 25.8 Å². The zero-order valence-electron chi connectivity index (χ0n) is 13.7. The fraction of sp³-hybridized carbons (Fsp3) is 0.533. The van der Waals surface area contributed by atoms with E-state index >= 15 is 0 Å². The van der Waals surface area contributed by atoms with Crippen LogP contribution in [0.5, 0.6) is 0 Å². The number of fused-ring (bicyclic) bond motifs is 1. The Kier molecular flexibility index (Phi) is 4.55. The third-order valence-electron chi connectivity index (χ3n) is 4.32. The average Bonchev–Trinajstić information content (AvgIpc) is 3.12. The summed E-state index contributed by atoms with van der Waals surface area (Å²) in [7, 11) is -3.30. The number of nitrogens with one attached hydrogen (secondary N) is 2. The molecule has 0 unspecified atom stereocenters. The molecule has 24 heavy (non-hydrogen) atoms. The number of benzene rings is 1. The number of likely N-dealkylation sites (tertiary alicyclic amines) is 1. The topological polar surface area (TPSA) is 108 Å². The van der Waals surface area contributed by atoms with Crippen molar-refractivity contribution in [3.8, 4) is 0 Å². The van der Waals surface area contributed by atoms with E-state index in [1.54, 1.807) is 23.1 Å². The summed E-state index contributed by atoms with van der Waals surface area (Å²) in [6, 6.07) is 4.93. The summed E-state index contributed by atoms with van der Waals surface area (Å²) in [5.74, 6) is 0.0169. The van der Waals surface area contributed by atoms with Crippen molar-refractivity contribution in [1.82, 2.24) is 25.0 Å². The minimum absolute atomic E-state index is 0.112. The SMILES string of the molecule is CCC[C@@H]1CN(C(=O)c2ccc3n[nH]nc3c2)C[C@H]1NS(C)(=O)=O. The fourth-order valence-electron chi connectivity index (χ4n) is 3.26. The molecule has 8 nitrogen and oxygen atoms in total. The number of hydrogen-bond donors (Lipinski definition) is 2. The van der Waals surface area contributed by atoms with Crippen LogP contribution < -0.4 is 4.72 Å². The molecule has 2 heterocycles. The molecule has 130 valence electrons. The Labute approximate surface area is 140 Å². The number of H-pyrrole nitrogens is 1. The van der Waals surface area contributed by atoms with Crippen LogP contribution in [-0.2, 0) is 10.0 Å². The second-order valence-electron chi connectivity index (χ2n) is 6.28. The van der Waals surface area contributed by atoms with Gasteiger partial charge in [-0.15, -0.1) is 0 Å². The van der Waals surface area contributed by atoms with Crippen LogP contribution in [0.25, 0.3) is 11.0 Å². The second kappa shape index (κ2) is 6.48. The number of aromatic amines is 1. The summed E-state index contributed by atoms with van der Waals surface area (Å²) in [6.45, 7) is 2.99. The number of carbonyl (C=O) groups is 1. The molecule has 2 atom stereocenters. The maximum atomic E-state index is 12.8. The van der Waals surface area contributed by atoms with E-state index in [1.807, 2.05) is 0 Å². The number of aromatic nitrogens is 3. The zero-order chi connectivity index (χ0) is 17.3. The lowest BCUT2D eigenvalue weighted by Crippen LogP contribution is -2.40. The van der Waals surface area contributed by atoms with E-state index in [0.717, 1.165) is 19.1 Å². The first-order valence-electron chi connectivity index (χ1n) is 7.94. The Hall–Kier alpha value is -2.00. The second-order valence-corrected chi connectivity index (χ2v) is 8.06. The van der Waals surface area contributed by atoms with Crippen LogP contribution >= 0.6 is 0 Å². The van der Waals surface area contributed by atoms with Crippen molar-refractivity contribution in [1.29, 1.82) is 0 Å². The summed E-state index contributed by atoms with van der Waals surface area (Å²) in [6.07, 6.45) is 2.97. The van der Waals surface area contributed by atoms with Crippen LogP contribution in [-0.4, -0.2) is 60.0 Å². The smallest absolute Gasteiger partial charge is 0.253 e. The molecule has 3 rings (SSSR count). The van der Waals surface area contributed by atoms with Gasteiger partial charge in [-0.3, -0.25) is 4.79 Å². The Bertz CT molecular complexity index is 848. The van der Waals surface area contributed by atoms with Gasteiger partial charge in [-0.1, -0.05) is 13.3 Å². The average molecular weight is 351 g/mol. The maximum Gasteiger partial charge on any atom is 0.253 e. The van der Waals surface area contributed by atoms with E-state index in [-0.39, 0.29) is 17.9 Å². The summed E-state index contributed by atoms with van der Waals surface area (Å²) in [4.78, 5) is 14.5. The molecule has 0 radical (unpaired) electrons. The molecular formula is C15H21N5O3S. The molecular weight excluding hydrogens is 330 g/mol. The Morgan fingerprint density at radius 3 is 2.79 bits per heavy atom. The van der Waals surface area contributed by atoms with Gasteiger partial charge < -0.3 is 4.90 Å². The Morgan fingerprint density at radius 2 is 2.08 bits per heavy atom. The molecule has 0 saturated carbocycles. The van der Waals surface area contributed by atoms with Crippen LogP contribution in [0.3, 0.4) is 0 Å². The van der Waals surface area contributed by atoms with E-state index in [0.29, 0.717) is 29.7 Å². The van der Waals surface area contributed by atoms with Gasteiger partial charge in [-0.05, 0) is 30.5 Å². The summed E-state index contributed by atoms with van der Waals surface area (Å²) in [5.41, 5.74) is 1.87. The molecule has 0 spiro atoms. The summed E-state index contributed by atoms with van der Waals surface area (Å²) < 4.78 is 25.8.